The van der Waals surface area contributed by atoms with Crippen molar-refractivity contribution in [3.8, 4) is 5.00 Å². The first-order valence-corrected chi connectivity index (χ1v) is 4.69. The molecule has 0 aliphatic carbocycles. The summed E-state index contributed by atoms with van der Waals surface area (Å²) in [5.41, 5.74) is 0. The van der Waals surface area contributed by atoms with Gasteiger partial charge >= 0.3 is 0 Å². The number of rotatable bonds is 1. The van der Waals surface area contributed by atoms with Crippen molar-refractivity contribution in [1.29, 1.82) is 0 Å². The number of thiophene rings is 1. The van der Waals surface area contributed by atoms with E-state index in [9.17, 15) is 0 Å². The molecule has 0 atom stereocenters. The first-order valence-electron chi connectivity index (χ1n) is 3.02. The van der Waals surface area contributed by atoms with Crippen LogP contribution in [-0.4, -0.2) is 9.55 Å². The highest BCUT2D eigenvalue weighted by Crippen LogP contribution is 2.22. The third-order valence-electron chi connectivity index (χ3n) is 1.25. The van der Waals surface area contributed by atoms with Gasteiger partial charge in [0.15, 0.2) is 6.33 Å². The molecule has 55 valence electrons. The molecule has 11 heavy (non-hydrogen) atoms. The smallest absolute Gasteiger partial charge is 0.182 e. The maximum absolute atomic E-state index is 3.84. The Hall–Kier alpha value is -0.610. The van der Waals surface area contributed by atoms with E-state index in [1.807, 2.05) is 22.2 Å². The Labute approximate surface area is 76.6 Å². The molecule has 2 aromatic heterocycles. The van der Waals surface area contributed by atoms with E-state index in [0.717, 1.165) is 9.47 Å². The van der Waals surface area contributed by atoms with E-state index in [-0.39, 0.29) is 0 Å². The second kappa shape index (κ2) is 2.79. The van der Waals surface area contributed by atoms with Crippen LogP contribution < -0.4 is 0 Å². The average Bonchev–Trinajstić information content (AvgIpc) is 2.55. The van der Waals surface area contributed by atoms with Crippen molar-refractivity contribution in [1.82, 2.24) is 9.55 Å². The minimum Gasteiger partial charge on any atom is -0.288 e. The van der Waals surface area contributed by atoms with Gasteiger partial charge in [0.05, 0.1) is 0 Å². The maximum atomic E-state index is 3.84. The fraction of sp³-hybridized carbons (Fsp3) is 0. The summed E-state index contributed by atoms with van der Waals surface area (Å²) < 4.78 is 2.95. The quantitative estimate of drug-likeness (QED) is 0.733. The van der Waals surface area contributed by atoms with Gasteiger partial charge in [0.25, 0.3) is 0 Å². The molecule has 0 saturated carbocycles. The average molecular weight is 228 g/mol. The van der Waals surface area contributed by atoms with Gasteiger partial charge < -0.3 is 0 Å². The van der Waals surface area contributed by atoms with Gasteiger partial charge in [-0.1, -0.05) is 0 Å². The van der Waals surface area contributed by atoms with Gasteiger partial charge in [-0.25, -0.2) is 4.98 Å². The number of nitrogens with zero attached hydrogens (tertiary/aromatic N) is 2. The molecule has 2 nitrogen and oxygen atoms in total. The molecule has 0 bridgehead atoms. The van der Waals surface area contributed by atoms with Crippen LogP contribution >= 0.6 is 27.3 Å². The van der Waals surface area contributed by atoms with Gasteiger partial charge in [0, 0.05) is 22.2 Å². The third-order valence-corrected chi connectivity index (χ3v) is 2.94. The lowest BCUT2D eigenvalue weighted by Crippen LogP contribution is -1.83. The van der Waals surface area contributed by atoms with E-state index >= 15 is 0 Å². The summed E-state index contributed by atoms with van der Waals surface area (Å²) in [4.78, 5) is 3.84. The molecule has 0 amide bonds. The van der Waals surface area contributed by atoms with E-state index in [2.05, 4.69) is 27.2 Å². The molecule has 4 heteroatoms. The van der Waals surface area contributed by atoms with Crippen LogP contribution in [0, 0.1) is 6.33 Å². The fourth-order valence-electron chi connectivity index (χ4n) is 0.781. The molecule has 0 spiro atoms. The van der Waals surface area contributed by atoms with Crippen LogP contribution in [0.25, 0.3) is 5.00 Å². The summed E-state index contributed by atoms with van der Waals surface area (Å²) in [6, 6.07) is 2.03. The van der Waals surface area contributed by atoms with Gasteiger partial charge in [0.2, 0.25) is 0 Å². The molecular formula is C7H4BrN2S. The summed E-state index contributed by atoms with van der Waals surface area (Å²) in [6.45, 7) is 0. The fourth-order valence-corrected chi connectivity index (χ4v) is 2.14. The Morgan fingerprint density at radius 1 is 1.64 bits per heavy atom. The first-order chi connectivity index (χ1) is 5.36. The summed E-state index contributed by atoms with van der Waals surface area (Å²) >= 11 is 5.03. The third kappa shape index (κ3) is 1.36. The standard InChI is InChI=1S/C7H4BrN2S/c8-6-3-7(11-4-6)10-2-1-9-5-10/h1-4H. The van der Waals surface area contributed by atoms with E-state index in [0.29, 0.717) is 0 Å². The highest BCUT2D eigenvalue weighted by Gasteiger charge is 1.98. The topological polar surface area (TPSA) is 17.8 Å². The van der Waals surface area contributed by atoms with Crippen molar-refractivity contribution in [2.24, 2.45) is 0 Å². The summed E-state index contributed by atoms with van der Waals surface area (Å²) in [5, 5.41) is 3.15. The Bertz CT molecular complexity index is 339. The lowest BCUT2D eigenvalue weighted by Gasteiger charge is -1.91. The lowest BCUT2D eigenvalue weighted by atomic mass is 10.6. The normalized spacial score (nSPS) is 10.3. The van der Waals surface area contributed by atoms with Gasteiger partial charge in [-0.05, 0) is 22.0 Å². The Morgan fingerprint density at radius 2 is 2.55 bits per heavy atom. The van der Waals surface area contributed by atoms with Crippen LogP contribution in [0.2, 0.25) is 0 Å². The molecule has 0 aliphatic rings. The van der Waals surface area contributed by atoms with Crippen molar-refractivity contribution in [2.75, 3.05) is 0 Å². The molecule has 0 saturated heterocycles. The largest absolute Gasteiger partial charge is 0.288 e. The molecule has 0 aromatic carbocycles. The summed E-state index contributed by atoms with van der Waals surface area (Å²) in [7, 11) is 0. The summed E-state index contributed by atoms with van der Waals surface area (Å²) in [6.07, 6.45) is 6.41. The Kier molecular flexibility index (Phi) is 1.79. The van der Waals surface area contributed by atoms with Crippen molar-refractivity contribution >= 4 is 27.3 Å². The first kappa shape index (κ1) is 7.06. The zero-order valence-electron chi connectivity index (χ0n) is 5.49. The lowest BCUT2D eigenvalue weighted by molar-refractivity contribution is 1.07. The molecule has 2 heterocycles. The van der Waals surface area contributed by atoms with E-state index in [4.69, 9.17) is 0 Å². The maximum Gasteiger partial charge on any atom is 0.182 e. The van der Waals surface area contributed by atoms with Crippen LogP contribution in [0.5, 0.6) is 0 Å². The van der Waals surface area contributed by atoms with Crippen LogP contribution in [0.15, 0.2) is 28.3 Å². The van der Waals surface area contributed by atoms with Gasteiger partial charge in [-0.15, -0.1) is 11.3 Å². The molecule has 1 radical (unpaired) electrons. The van der Waals surface area contributed by atoms with E-state index in [1.54, 1.807) is 17.5 Å². The Balaban J connectivity index is 2.45. The Morgan fingerprint density at radius 3 is 3.09 bits per heavy atom. The zero-order valence-corrected chi connectivity index (χ0v) is 7.89. The highest BCUT2D eigenvalue weighted by atomic mass is 79.9. The SMILES string of the molecule is Brc1csc(-n2[c]ncc2)c1. The number of aromatic nitrogens is 2. The van der Waals surface area contributed by atoms with Crippen LogP contribution in [0.4, 0.5) is 0 Å². The molecule has 0 fully saturated rings. The van der Waals surface area contributed by atoms with Gasteiger partial charge in [-0.3, -0.25) is 4.57 Å². The van der Waals surface area contributed by atoms with Crippen molar-refractivity contribution < 1.29 is 0 Å². The monoisotopic (exact) mass is 227 g/mol. The number of hydrogen-bond acceptors (Lipinski definition) is 2. The minimum absolute atomic E-state index is 1.10. The molecule has 0 N–H and O–H groups in total. The van der Waals surface area contributed by atoms with Crippen molar-refractivity contribution in [2.45, 2.75) is 0 Å². The molecule has 2 rings (SSSR count). The van der Waals surface area contributed by atoms with Crippen LogP contribution in [-0.2, 0) is 0 Å². The molecular weight excluding hydrogens is 224 g/mol. The minimum atomic E-state index is 1.10. The second-order valence-corrected chi connectivity index (χ2v) is 3.81. The zero-order chi connectivity index (χ0) is 7.68. The van der Waals surface area contributed by atoms with Crippen molar-refractivity contribution in [3.63, 3.8) is 0 Å². The number of imidazole rings is 1. The molecule has 2 aromatic rings. The van der Waals surface area contributed by atoms with Gasteiger partial charge in [-0.2, -0.15) is 0 Å². The van der Waals surface area contributed by atoms with Gasteiger partial charge in [0.1, 0.15) is 5.00 Å². The summed E-state index contributed by atoms with van der Waals surface area (Å²) in [5.74, 6) is 0. The van der Waals surface area contributed by atoms with E-state index < -0.39 is 0 Å². The van der Waals surface area contributed by atoms with Crippen LogP contribution in [0.3, 0.4) is 0 Å². The number of hydrogen-bond donors (Lipinski definition) is 0. The molecule has 0 unspecified atom stereocenters. The second-order valence-electron chi connectivity index (χ2n) is 2.00. The van der Waals surface area contributed by atoms with Crippen LogP contribution in [0.1, 0.15) is 0 Å². The van der Waals surface area contributed by atoms with E-state index in [1.165, 1.54) is 0 Å². The van der Waals surface area contributed by atoms with Crippen molar-refractivity contribution in [3.05, 3.63) is 34.6 Å². The number of halogens is 1. The predicted octanol–water partition coefficient (Wildman–Crippen LogP) is 2.50. The highest BCUT2D eigenvalue weighted by molar-refractivity contribution is 9.10. The predicted molar refractivity (Wildman–Crippen MR) is 48.0 cm³/mol. The molecule has 0 aliphatic heterocycles.